The summed E-state index contributed by atoms with van der Waals surface area (Å²) in [6, 6.07) is 7.69. The highest BCUT2D eigenvalue weighted by atomic mass is 19.1. The molecule has 0 saturated heterocycles. The van der Waals surface area contributed by atoms with Crippen LogP contribution in [0.1, 0.15) is 33.8 Å². The number of carbonyl (C=O) groups is 3. The number of nitrogens with two attached hydrogens (primary N) is 1. The maximum Gasteiger partial charge on any atom is 0.352 e. The standard InChI is InChI=1S/C25H22FN5O7/c1-13-8-19(20(9-16(13)23(27)35)31-25(38)29(6-7-32)22(34)11-28-31)30-12-18(24(36)37)17(10-21(30)33)14-2-4-15(26)5-3-14/h2-5,8-9,11-12,17,32H,6-7,10H2,1H3,(H2,27,35)(H,36,37)/t17-/m0/s1. The van der Waals surface area contributed by atoms with E-state index < -0.39 is 47.4 Å². The summed E-state index contributed by atoms with van der Waals surface area (Å²) < 4.78 is 14.9. The minimum atomic E-state index is -1.32. The minimum Gasteiger partial charge on any atom is -0.478 e. The van der Waals surface area contributed by atoms with Crippen molar-refractivity contribution in [1.82, 2.24) is 14.3 Å². The van der Waals surface area contributed by atoms with E-state index in [1.165, 1.54) is 31.2 Å². The van der Waals surface area contributed by atoms with Gasteiger partial charge in [-0.2, -0.15) is 9.78 Å². The van der Waals surface area contributed by atoms with Gasteiger partial charge in [0.1, 0.15) is 12.0 Å². The Bertz CT molecular complexity index is 1610. The van der Waals surface area contributed by atoms with Gasteiger partial charge in [-0.3, -0.25) is 23.9 Å². The number of anilines is 1. The summed E-state index contributed by atoms with van der Waals surface area (Å²) in [6.45, 7) is 0.676. The lowest BCUT2D eigenvalue weighted by Crippen LogP contribution is -2.42. The van der Waals surface area contributed by atoms with Crippen LogP contribution in [-0.2, 0) is 16.1 Å². The number of carboxylic acid groups (broad SMARTS) is 1. The predicted octanol–water partition coefficient (Wildman–Crippen LogP) is 0.422. The first kappa shape index (κ1) is 26.2. The van der Waals surface area contributed by atoms with Crippen LogP contribution in [-0.4, -0.2) is 49.0 Å². The molecule has 2 aromatic carbocycles. The summed E-state index contributed by atoms with van der Waals surface area (Å²) in [5.41, 5.74) is 4.16. The van der Waals surface area contributed by atoms with Crippen LogP contribution in [0.15, 0.2) is 64.0 Å². The molecule has 196 valence electrons. The van der Waals surface area contributed by atoms with Gasteiger partial charge in [0.15, 0.2) is 0 Å². The van der Waals surface area contributed by atoms with Gasteiger partial charge in [-0.15, -0.1) is 0 Å². The number of halogens is 1. The van der Waals surface area contributed by atoms with Gasteiger partial charge in [0, 0.05) is 24.1 Å². The number of nitrogens with zero attached hydrogens (tertiary/aromatic N) is 4. The Kier molecular flexibility index (Phi) is 7.04. The van der Waals surface area contributed by atoms with Gasteiger partial charge in [0.05, 0.1) is 30.1 Å². The molecule has 1 aliphatic heterocycles. The molecule has 0 saturated carbocycles. The van der Waals surface area contributed by atoms with Crippen LogP contribution in [0, 0.1) is 12.7 Å². The Balaban J connectivity index is 1.96. The molecule has 2 amide bonds. The summed E-state index contributed by atoms with van der Waals surface area (Å²) in [7, 11) is 0. The van der Waals surface area contributed by atoms with Crippen LogP contribution in [0.3, 0.4) is 0 Å². The van der Waals surface area contributed by atoms with Gasteiger partial charge < -0.3 is 15.9 Å². The van der Waals surface area contributed by atoms with E-state index in [9.17, 15) is 38.6 Å². The van der Waals surface area contributed by atoms with Crippen molar-refractivity contribution in [1.29, 1.82) is 0 Å². The molecule has 1 aromatic heterocycles. The number of hydrogen-bond acceptors (Lipinski definition) is 7. The van der Waals surface area contributed by atoms with Gasteiger partial charge in [-0.25, -0.2) is 14.0 Å². The molecule has 0 aliphatic carbocycles. The maximum absolute atomic E-state index is 13.4. The Morgan fingerprint density at radius 3 is 2.42 bits per heavy atom. The van der Waals surface area contributed by atoms with Crippen molar-refractivity contribution in [3.8, 4) is 5.69 Å². The van der Waals surface area contributed by atoms with Crippen LogP contribution in [0.2, 0.25) is 0 Å². The summed E-state index contributed by atoms with van der Waals surface area (Å²) >= 11 is 0. The maximum atomic E-state index is 13.4. The lowest BCUT2D eigenvalue weighted by molar-refractivity contribution is -0.133. The number of amides is 2. The Hall–Kier alpha value is -4.91. The van der Waals surface area contributed by atoms with E-state index >= 15 is 0 Å². The molecular weight excluding hydrogens is 501 g/mol. The number of hydrogen-bond donors (Lipinski definition) is 3. The molecule has 0 radical (unpaired) electrons. The first-order chi connectivity index (χ1) is 18.0. The Labute approximate surface area is 213 Å². The number of rotatable bonds is 7. The van der Waals surface area contributed by atoms with E-state index in [4.69, 9.17) is 5.73 Å². The topological polar surface area (TPSA) is 178 Å². The molecule has 0 fully saturated rings. The van der Waals surface area contributed by atoms with Crippen LogP contribution < -0.4 is 21.9 Å². The van der Waals surface area contributed by atoms with Crippen LogP contribution >= 0.6 is 0 Å². The summed E-state index contributed by atoms with van der Waals surface area (Å²) in [4.78, 5) is 63.9. The van der Waals surface area contributed by atoms with Crippen molar-refractivity contribution < 1.29 is 29.0 Å². The van der Waals surface area contributed by atoms with Crippen molar-refractivity contribution in [3.63, 3.8) is 0 Å². The molecule has 2 heterocycles. The number of aryl methyl sites for hydroxylation is 1. The second-order valence-corrected chi connectivity index (χ2v) is 8.53. The van der Waals surface area contributed by atoms with E-state index in [0.29, 0.717) is 15.7 Å². The fourth-order valence-corrected chi connectivity index (χ4v) is 4.30. The smallest absolute Gasteiger partial charge is 0.352 e. The SMILES string of the molecule is Cc1cc(N2C=C(C(=O)O)[C@H](c3ccc(F)cc3)CC2=O)c(-n2ncc(=O)n(CCO)c2=O)cc1C(N)=O. The number of carbonyl (C=O) groups excluding carboxylic acids is 2. The second kappa shape index (κ2) is 10.2. The lowest BCUT2D eigenvalue weighted by atomic mass is 9.85. The predicted molar refractivity (Wildman–Crippen MR) is 131 cm³/mol. The Morgan fingerprint density at radius 2 is 1.82 bits per heavy atom. The first-order valence-corrected chi connectivity index (χ1v) is 11.3. The highest BCUT2D eigenvalue weighted by Crippen LogP contribution is 2.37. The molecule has 12 nitrogen and oxygen atoms in total. The van der Waals surface area contributed by atoms with Gasteiger partial charge in [-0.05, 0) is 42.3 Å². The average Bonchev–Trinajstić information content (AvgIpc) is 2.86. The van der Waals surface area contributed by atoms with Gasteiger partial charge in [-0.1, -0.05) is 12.1 Å². The average molecular weight is 523 g/mol. The molecule has 0 spiro atoms. The van der Waals surface area contributed by atoms with E-state index in [-0.39, 0.29) is 35.5 Å². The van der Waals surface area contributed by atoms with Gasteiger partial charge in [0.25, 0.3) is 5.56 Å². The summed E-state index contributed by atoms with van der Waals surface area (Å²) in [6.07, 6.45) is 1.62. The number of benzene rings is 2. The van der Waals surface area contributed by atoms with E-state index in [2.05, 4.69) is 5.10 Å². The highest BCUT2D eigenvalue weighted by molar-refractivity contribution is 6.04. The fourth-order valence-electron chi connectivity index (χ4n) is 4.30. The summed E-state index contributed by atoms with van der Waals surface area (Å²) in [5, 5.41) is 23.1. The van der Waals surface area contributed by atoms with Crippen LogP contribution in [0.4, 0.5) is 10.1 Å². The van der Waals surface area contributed by atoms with E-state index in [1.54, 1.807) is 0 Å². The third kappa shape index (κ3) is 4.74. The molecule has 4 rings (SSSR count). The zero-order valence-electron chi connectivity index (χ0n) is 20.0. The van der Waals surface area contributed by atoms with E-state index in [1.807, 2.05) is 0 Å². The molecular formula is C25H22FN5O7. The lowest BCUT2D eigenvalue weighted by Gasteiger charge is -2.31. The number of aliphatic hydroxyl groups excluding tert-OH is 1. The van der Waals surface area contributed by atoms with Crippen molar-refractivity contribution in [3.05, 3.63) is 97.7 Å². The third-order valence-corrected chi connectivity index (χ3v) is 6.17. The largest absolute Gasteiger partial charge is 0.478 e. The number of carboxylic acids is 1. The molecule has 0 unspecified atom stereocenters. The summed E-state index contributed by atoms with van der Waals surface area (Å²) in [5.74, 6) is -4.12. The quantitative estimate of drug-likeness (QED) is 0.399. The second-order valence-electron chi connectivity index (χ2n) is 8.53. The van der Waals surface area contributed by atoms with Gasteiger partial charge >= 0.3 is 11.7 Å². The van der Waals surface area contributed by atoms with E-state index in [0.717, 1.165) is 34.1 Å². The van der Waals surface area contributed by atoms with Crippen molar-refractivity contribution in [2.24, 2.45) is 5.73 Å². The number of primary amides is 1. The highest BCUT2D eigenvalue weighted by Gasteiger charge is 2.34. The molecule has 4 N–H and O–H groups in total. The van der Waals surface area contributed by atoms with Crippen molar-refractivity contribution in [2.45, 2.75) is 25.8 Å². The number of aliphatic hydroxyl groups is 1. The molecule has 1 aliphatic rings. The normalized spacial score (nSPS) is 15.3. The van der Waals surface area contributed by atoms with Crippen LogP contribution in [0.5, 0.6) is 0 Å². The third-order valence-electron chi connectivity index (χ3n) is 6.17. The molecule has 0 bridgehead atoms. The number of aliphatic carboxylic acids is 1. The Morgan fingerprint density at radius 1 is 1.13 bits per heavy atom. The zero-order valence-corrected chi connectivity index (χ0v) is 20.0. The molecule has 38 heavy (non-hydrogen) atoms. The fraction of sp³-hybridized carbons (Fsp3) is 0.200. The zero-order chi connectivity index (χ0) is 27.7. The molecule has 1 atom stereocenters. The molecule has 3 aromatic rings. The van der Waals surface area contributed by atoms with Gasteiger partial charge in [0.2, 0.25) is 11.8 Å². The van der Waals surface area contributed by atoms with Crippen molar-refractivity contribution >= 4 is 23.5 Å². The monoisotopic (exact) mass is 523 g/mol. The minimum absolute atomic E-state index is 0.00222. The van der Waals surface area contributed by atoms with Crippen molar-refractivity contribution in [2.75, 3.05) is 11.5 Å². The first-order valence-electron chi connectivity index (χ1n) is 11.3. The molecule has 13 heteroatoms. The van der Waals surface area contributed by atoms with Crippen LogP contribution in [0.25, 0.3) is 5.69 Å². The number of aromatic nitrogens is 3.